The summed E-state index contributed by atoms with van der Waals surface area (Å²) in [6, 6.07) is 10.8. The normalized spacial score (nSPS) is 10.8. The van der Waals surface area contributed by atoms with Crippen LogP contribution in [0.4, 0.5) is 5.69 Å². The van der Waals surface area contributed by atoms with Gasteiger partial charge in [-0.25, -0.2) is 4.79 Å². The van der Waals surface area contributed by atoms with E-state index in [2.05, 4.69) is 4.74 Å². The van der Waals surface area contributed by atoms with Gasteiger partial charge < -0.3 is 9.15 Å². The van der Waals surface area contributed by atoms with E-state index in [1.807, 2.05) is 0 Å². The number of furan rings is 1. The molecule has 0 aliphatic heterocycles. The van der Waals surface area contributed by atoms with Crippen LogP contribution in [0.3, 0.4) is 0 Å². The molecule has 22 heavy (non-hydrogen) atoms. The van der Waals surface area contributed by atoms with Gasteiger partial charge in [-0.15, -0.1) is 0 Å². The van der Waals surface area contributed by atoms with E-state index in [1.165, 1.54) is 24.3 Å². The van der Waals surface area contributed by atoms with Crippen molar-refractivity contribution in [1.29, 1.82) is 5.26 Å². The Morgan fingerprint density at radius 3 is 2.73 bits per heavy atom. The highest BCUT2D eigenvalue weighted by Gasteiger charge is 2.17. The summed E-state index contributed by atoms with van der Waals surface area (Å²) in [7, 11) is 1.16. The molecule has 0 aliphatic carbocycles. The van der Waals surface area contributed by atoms with Crippen molar-refractivity contribution in [3.63, 3.8) is 0 Å². The van der Waals surface area contributed by atoms with Crippen LogP contribution in [0.25, 0.3) is 17.4 Å². The molecule has 1 aromatic heterocycles. The molecular formula is C15H10N2O5. The van der Waals surface area contributed by atoms with Gasteiger partial charge in [0.05, 0.1) is 17.6 Å². The first-order valence-corrected chi connectivity index (χ1v) is 6.10. The summed E-state index contributed by atoms with van der Waals surface area (Å²) in [5.74, 6) is -0.304. The van der Waals surface area contributed by atoms with E-state index in [-0.39, 0.29) is 22.8 Å². The molecule has 0 radical (unpaired) electrons. The van der Waals surface area contributed by atoms with Crippen molar-refractivity contribution in [2.75, 3.05) is 7.11 Å². The van der Waals surface area contributed by atoms with Crippen molar-refractivity contribution in [3.8, 4) is 17.4 Å². The number of hydrogen-bond donors (Lipinski definition) is 0. The highest BCUT2D eigenvalue weighted by Crippen LogP contribution is 2.31. The first-order valence-electron chi connectivity index (χ1n) is 6.10. The Morgan fingerprint density at radius 2 is 2.09 bits per heavy atom. The summed E-state index contributed by atoms with van der Waals surface area (Å²) < 4.78 is 9.90. The second kappa shape index (κ2) is 6.37. The molecule has 0 atom stereocenters. The molecule has 0 fully saturated rings. The summed E-state index contributed by atoms with van der Waals surface area (Å²) in [4.78, 5) is 21.8. The molecule has 2 aromatic rings. The van der Waals surface area contributed by atoms with Gasteiger partial charge in [0.1, 0.15) is 23.2 Å². The molecule has 0 aliphatic rings. The maximum atomic E-state index is 11.3. The Morgan fingerprint density at radius 1 is 1.36 bits per heavy atom. The fourth-order valence-corrected chi connectivity index (χ4v) is 1.81. The van der Waals surface area contributed by atoms with Crippen LogP contribution in [0.5, 0.6) is 0 Å². The summed E-state index contributed by atoms with van der Waals surface area (Å²) in [5, 5.41) is 19.9. The summed E-state index contributed by atoms with van der Waals surface area (Å²) >= 11 is 0. The predicted octanol–water partition coefficient (Wildman–Crippen LogP) is 2.93. The highest BCUT2D eigenvalue weighted by molar-refractivity contribution is 5.97. The number of esters is 1. The zero-order valence-electron chi connectivity index (χ0n) is 11.5. The molecule has 0 saturated heterocycles. The summed E-state index contributed by atoms with van der Waals surface area (Å²) in [6.45, 7) is 0. The predicted molar refractivity (Wildman–Crippen MR) is 76.4 cm³/mol. The van der Waals surface area contributed by atoms with Crippen LogP contribution >= 0.6 is 0 Å². The quantitative estimate of drug-likeness (QED) is 0.282. The van der Waals surface area contributed by atoms with Crippen LogP contribution in [0.1, 0.15) is 5.76 Å². The number of carbonyl (C=O) groups is 1. The first-order chi connectivity index (χ1) is 10.6. The van der Waals surface area contributed by atoms with E-state index < -0.39 is 10.9 Å². The number of hydrogen-bond acceptors (Lipinski definition) is 6. The van der Waals surface area contributed by atoms with Crippen molar-refractivity contribution >= 4 is 17.7 Å². The van der Waals surface area contributed by atoms with Gasteiger partial charge in [-0.1, -0.05) is 12.1 Å². The van der Waals surface area contributed by atoms with Crippen LogP contribution < -0.4 is 0 Å². The third-order valence-corrected chi connectivity index (χ3v) is 2.81. The molecule has 110 valence electrons. The van der Waals surface area contributed by atoms with Gasteiger partial charge in [0.25, 0.3) is 5.69 Å². The number of benzene rings is 1. The zero-order chi connectivity index (χ0) is 16.1. The number of nitro groups is 1. The van der Waals surface area contributed by atoms with Crippen LogP contribution in [0, 0.1) is 21.4 Å². The number of nitro benzene ring substituents is 1. The van der Waals surface area contributed by atoms with Crippen LogP contribution in [-0.2, 0) is 9.53 Å². The van der Waals surface area contributed by atoms with Crippen LogP contribution in [0.15, 0.2) is 46.4 Å². The molecule has 0 saturated carbocycles. The molecule has 0 spiro atoms. The Labute approximate surface area is 125 Å². The molecule has 0 unspecified atom stereocenters. The average Bonchev–Trinajstić information content (AvgIpc) is 3.00. The van der Waals surface area contributed by atoms with E-state index in [4.69, 9.17) is 9.68 Å². The van der Waals surface area contributed by atoms with E-state index in [0.717, 1.165) is 7.11 Å². The second-order valence-corrected chi connectivity index (χ2v) is 4.14. The van der Waals surface area contributed by atoms with Crippen molar-refractivity contribution in [2.45, 2.75) is 0 Å². The minimum Gasteiger partial charge on any atom is -0.465 e. The van der Waals surface area contributed by atoms with E-state index in [9.17, 15) is 14.9 Å². The van der Waals surface area contributed by atoms with Crippen molar-refractivity contribution in [3.05, 3.63) is 57.8 Å². The molecule has 2 rings (SSSR count). The van der Waals surface area contributed by atoms with Crippen molar-refractivity contribution in [1.82, 2.24) is 0 Å². The Hall–Kier alpha value is -3.40. The molecule has 7 heteroatoms. The minimum atomic E-state index is -0.786. The zero-order valence-corrected chi connectivity index (χ0v) is 11.5. The minimum absolute atomic E-state index is 0.0964. The lowest BCUT2D eigenvalue weighted by Crippen LogP contribution is -2.02. The topological polar surface area (TPSA) is 106 Å². The number of para-hydroxylation sites is 1. The molecule has 1 aromatic carbocycles. The highest BCUT2D eigenvalue weighted by atomic mass is 16.6. The second-order valence-electron chi connectivity index (χ2n) is 4.14. The lowest BCUT2D eigenvalue weighted by atomic mass is 10.1. The smallest absolute Gasteiger partial charge is 0.348 e. The number of nitrogens with zero attached hydrogens (tertiary/aromatic N) is 2. The van der Waals surface area contributed by atoms with Gasteiger partial charge in [0.2, 0.25) is 0 Å². The van der Waals surface area contributed by atoms with E-state index in [0.29, 0.717) is 5.56 Å². The number of carbonyl (C=O) groups excluding carboxylic acids is 1. The van der Waals surface area contributed by atoms with Gasteiger partial charge in [0, 0.05) is 12.1 Å². The van der Waals surface area contributed by atoms with Crippen molar-refractivity contribution in [2.24, 2.45) is 0 Å². The van der Waals surface area contributed by atoms with Gasteiger partial charge in [-0.05, 0) is 18.2 Å². The maximum absolute atomic E-state index is 11.3. The Kier molecular flexibility index (Phi) is 4.34. The largest absolute Gasteiger partial charge is 0.465 e. The lowest BCUT2D eigenvalue weighted by Gasteiger charge is -1.99. The van der Waals surface area contributed by atoms with Gasteiger partial charge >= 0.3 is 5.97 Å². The molecule has 7 nitrogen and oxygen atoms in total. The molecule has 0 amide bonds. The summed E-state index contributed by atoms with van der Waals surface area (Å²) in [5.41, 5.74) is -0.0180. The number of ether oxygens (including phenoxy) is 1. The standard InChI is InChI=1S/C15H10N2O5/c1-21-15(18)10(9-16)8-11-6-7-14(22-11)12-4-2-3-5-13(12)17(19)20/h2-8H,1H3/b10-8-. The van der Waals surface area contributed by atoms with E-state index >= 15 is 0 Å². The van der Waals surface area contributed by atoms with E-state index in [1.54, 1.807) is 24.3 Å². The monoisotopic (exact) mass is 298 g/mol. The third-order valence-electron chi connectivity index (χ3n) is 2.81. The number of rotatable bonds is 4. The summed E-state index contributed by atoms with van der Waals surface area (Å²) in [6.07, 6.45) is 1.21. The molecular weight excluding hydrogens is 288 g/mol. The Bertz CT molecular complexity index is 798. The first kappa shape index (κ1) is 15.0. The number of methoxy groups -OCH3 is 1. The van der Waals surface area contributed by atoms with Crippen LogP contribution in [0.2, 0.25) is 0 Å². The Balaban J connectivity index is 2.42. The van der Waals surface area contributed by atoms with Crippen molar-refractivity contribution < 1.29 is 18.9 Å². The van der Waals surface area contributed by atoms with Gasteiger partial charge in [-0.2, -0.15) is 5.26 Å². The SMILES string of the molecule is COC(=O)/C(C#N)=C\c1ccc(-c2ccccc2[N+](=O)[O-])o1. The van der Waals surface area contributed by atoms with Gasteiger partial charge in [0.15, 0.2) is 0 Å². The lowest BCUT2D eigenvalue weighted by molar-refractivity contribution is -0.384. The number of nitriles is 1. The average molecular weight is 298 g/mol. The maximum Gasteiger partial charge on any atom is 0.348 e. The van der Waals surface area contributed by atoms with Gasteiger partial charge in [-0.3, -0.25) is 10.1 Å². The molecule has 1 heterocycles. The molecule has 0 bridgehead atoms. The third kappa shape index (κ3) is 3.02. The van der Waals surface area contributed by atoms with Crippen LogP contribution in [-0.4, -0.2) is 18.0 Å². The fourth-order valence-electron chi connectivity index (χ4n) is 1.81. The fraction of sp³-hybridized carbons (Fsp3) is 0.0667. The molecule has 0 N–H and O–H groups in total.